The van der Waals surface area contributed by atoms with Gasteiger partial charge in [0.1, 0.15) is 4.90 Å². The van der Waals surface area contributed by atoms with Gasteiger partial charge in [-0.1, -0.05) is 29.8 Å². The molecule has 11 nitrogen and oxygen atoms in total. The Hall–Kier alpha value is -3.48. The van der Waals surface area contributed by atoms with Crippen LogP contribution in [-0.2, 0) is 19.6 Å². The molecule has 0 saturated heterocycles. The van der Waals surface area contributed by atoms with Crippen LogP contribution in [0.2, 0.25) is 5.02 Å². The van der Waals surface area contributed by atoms with Gasteiger partial charge in [-0.15, -0.1) is 0 Å². The zero-order chi connectivity index (χ0) is 23.3. The number of sulfonamides is 1. The number of fused-ring (bicyclic) bond motifs is 1. The molecule has 2 amide bonds. The largest absolute Gasteiger partial charge is 0.347 e. The molecule has 0 aliphatic carbocycles. The quantitative estimate of drug-likeness (QED) is 0.311. The maximum Gasteiger partial charge on any atom is 0.272 e. The molecule has 0 unspecified atom stereocenters. The van der Waals surface area contributed by atoms with Gasteiger partial charge < -0.3 is 10.6 Å². The summed E-state index contributed by atoms with van der Waals surface area (Å²) in [5.41, 5.74) is -1.00. The van der Waals surface area contributed by atoms with Gasteiger partial charge in [0.2, 0.25) is 21.8 Å². The molecular formula is C19H18ClN5O6S. The lowest BCUT2D eigenvalue weighted by atomic mass is 10.1. The summed E-state index contributed by atoms with van der Waals surface area (Å²) in [4.78, 5) is 47.8. The average Bonchev–Trinajstić information content (AvgIpc) is 2.75. The summed E-state index contributed by atoms with van der Waals surface area (Å²) in [5.74, 6) is -1.21. The Bertz CT molecular complexity index is 1400. The topological polar surface area (TPSA) is 170 Å². The van der Waals surface area contributed by atoms with Crippen LogP contribution >= 0.6 is 11.6 Å². The van der Waals surface area contributed by atoms with Crippen LogP contribution in [0.15, 0.2) is 56.9 Å². The third kappa shape index (κ3) is 5.41. The van der Waals surface area contributed by atoms with E-state index in [-0.39, 0.29) is 39.3 Å². The Morgan fingerprint density at radius 2 is 1.66 bits per heavy atom. The molecule has 5 N–H and O–H groups in total. The number of hydrogen-bond acceptors (Lipinski definition) is 6. The van der Waals surface area contributed by atoms with E-state index in [1.165, 1.54) is 36.4 Å². The van der Waals surface area contributed by atoms with Crippen LogP contribution in [0, 0.1) is 0 Å². The van der Waals surface area contributed by atoms with E-state index >= 15 is 0 Å². The maximum absolute atomic E-state index is 12.2. The van der Waals surface area contributed by atoms with E-state index in [2.05, 4.69) is 25.6 Å². The van der Waals surface area contributed by atoms with E-state index in [0.717, 1.165) is 0 Å². The van der Waals surface area contributed by atoms with Gasteiger partial charge in [-0.2, -0.15) is 0 Å². The molecule has 1 aromatic heterocycles. The molecule has 0 bridgehead atoms. The summed E-state index contributed by atoms with van der Waals surface area (Å²) in [5, 5.41) is 9.33. The van der Waals surface area contributed by atoms with E-state index in [0.29, 0.717) is 0 Å². The number of rotatable bonds is 8. The van der Waals surface area contributed by atoms with E-state index in [4.69, 9.17) is 11.6 Å². The Kier molecular flexibility index (Phi) is 7.08. The van der Waals surface area contributed by atoms with Gasteiger partial charge in [0.25, 0.3) is 11.1 Å². The van der Waals surface area contributed by atoms with E-state index in [1.807, 2.05) is 0 Å². The zero-order valence-electron chi connectivity index (χ0n) is 16.4. The number of H-pyrrole nitrogens is 2. The standard InChI is InChI=1S/C19H18ClN5O6S/c20-12-5-1-2-7-14(12)32(30,31)22-9-8-15(26)21-10-16(27)23-13-6-3-4-11-17(13)19(29)25-24-18(11)28/h1-7,22H,8-10H2,(H,21,26)(H,23,27)(H,24,28)(H,25,29). The highest BCUT2D eigenvalue weighted by Crippen LogP contribution is 2.20. The number of benzene rings is 2. The molecule has 0 atom stereocenters. The van der Waals surface area contributed by atoms with Crippen LogP contribution in [0.25, 0.3) is 10.8 Å². The Morgan fingerprint density at radius 3 is 2.41 bits per heavy atom. The molecule has 0 saturated carbocycles. The number of aromatic nitrogens is 2. The molecule has 3 rings (SSSR count). The number of aromatic amines is 2. The first-order valence-corrected chi connectivity index (χ1v) is 11.1. The second kappa shape index (κ2) is 9.77. The van der Waals surface area contributed by atoms with Gasteiger partial charge >= 0.3 is 0 Å². The van der Waals surface area contributed by atoms with Gasteiger partial charge in [-0.05, 0) is 24.3 Å². The van der Waals surface area contributed by atoms with Gasteiger partial charge in [0, 0.05) is 13.0 Å². The third-order valence-corrected chi connectivity index (χ3v) is 6.28. The highest BCUT2D eigenvalue weighted by atomic mass is 35.5. The normalized spacial score (nSPS) is 11.3. The van der Waals surface area contributed by atoms with Crippen molar-refractivity contribution in [3.63, 3.8) is 0 Å². The number of hydrogen-bond donors (Lipinski definition) is 5. The number of carbonyl (C=O) groups is 2. The van der Waals surface area contributed by atoms with Crippen molar-refractivity contribution >= 4 is 49.9 Å². The van der Waals surface area contributed by atoms with Gasteiger partial charge in [-0.3, -0.25) is 29.4 Å². The summed E-state index contributed by atoms with van der Waals surface area (Å²) in [6.45, 7) is -0.629. The fourth-order valence-electron chi connectivity index (χ4n) is 2.83. The smallest absolute Gasteiger partial charge is 0.272 e. The van der Waals surface area contributed by atoms with Crippen LogP contribution in [-0.4, -0.2) is 43.5 Å². The highest BCUT2D eigenvalue weighted by molar-refractivity contribution is 7.89. The minimum absolute atomic E-state index is 0.00454. The van der Waals surface area contributed by atoms with Crippen molar-refractivity contribution in [1.82, 2.24) is 20.2 Å². The van der Waals surface area contributed by atoms with E-state index in [1.54, 1.807) is 6.07 Å². The number of anilines is 1. The lowest BCUT2D eigenvalue weighted by Crippen LogP contribution is -2.35. The summed E-state index contributed by atoms with van der Waals surface area (Å²) < 4.78 is 26.7. The van der Waals surface area contributed by atoms with Crippen LogP contribution in [0.4, 0.5) is 5.69 Å². The van der Waals surface area contributed by atoms with E-state index < -0.39 is 39.5 Å². The lowest BCUT2D eigenvalue weighted by Gasteiger charge is -2.10. The number of carbonyl (C=O) groups excluding carboxylic acids is 2. The minimum Gasteiger partial charge on any atom is -0.347 e. The predicted octanol–water partition coefficient (Wildman–Crippen LogP) is 0.293. The minimum atomic E-state index is -3.89. The summed E-state index contributed by atoms with van der Waals surface area (Å²) in [7, 11) is -3.89. The second-order valence-corrected chi connectivity index (χ2v) is 8.68. The molecule has 0 radical (unpaired) electrons. The van der Waals surface area contributed by atoms with Crippen molar-refractivity contribution in [2.45, 2.75) is 11.3 Å². The third-order valence-electron chi connectivity index (χ3n) is 4.32. The van der Waals surface area contributed by atoms with Crippen molar-refractivity contribution in [2.75, 3.05) is 18.4 Å². The van der Waals surface area contributed by atoms with Crippen molar-refractivity contribution in [1.29, 1.82) is 0 Å². The highest BCUT2D eigenvalue weighted by Gasteiger charge is 2.17. The Labute approximate surface area is 186 Å². The fourth-order valence-corrected chi connectivity index (χ4v) is 4.38. The number of nitrogens with one attached hydrogen (secondary N) is 5. The van der Waals surface area contributed by atoms with Gasteiger partial charge in [0.05, 0.1) is 28.0 Å². The van der Waals surface area contributed by atoms with Crippen molar-refractivity contribution in [3.8, 4) is 0 Å². The SMILES string of the molecule is O=C(CCNS(=O)(=O)c1ccccc1Cl)NCC(=O)Nc1cccc2c(=O)[nH][nH]c(=O)c12. The van der Waals surface area contributed by atoms with E-state index in [9.17, 15) is 27.6 Å². The molecule has 32 heavy (non-hydrogen) atoms. The lowest BCUT2D eigenvalue weighted by molar-refractivity contribution is -0.124. The summed E-state index contributed by atoms with van der Waals surface area (Å²) in [6, 6.07) is 10.3. The van der Waals surface area contributed by atoms with Crippen LogP contribution in [0.3, 0.4) is 0 Å². The number of halogens is 1. The molecule has 0 fully saturated rings. The zero-order valence-corrected chi connectivity index (χ0v) is 18.0. The van der Waals surface area contributed by atoms with Crippen molar-refractivity contribution < 1.29 is 18.0 Å². The van der Waals surface area contributed by atoms with Crippen molar-refractivity contribution in [2.24, 2.45) is 0 Å². The first-order chi connectivity index (χ1) is 15.2. The molecule has 3 aromatic rings. The van der Waals surface area contributed by atoms with Crippen LogP contribution in [0.5, 0.6) is 0 Å². The fraction of sp³-hybridized carbons (Fsp3) is 0.158. The predicted molar refractivity (Wildman–Crippen MR) is 118 cm³/mol. The first-order valence-electron chi connectivity index (χ1n) is 9.23. The molecule has 1 heterocycles. The van der Waals surface area contributed by atoms with Gasteiger partial charge in [0.15, 0.2) is 0 Å². The van der Waals surface area contributed by atoms with Gasteiger partial charge in [-0.25, -0.2) is 13.1 Å². The molecule has 0 spiro atoms. The average molecular weight is 480 g/mol. The summed E-state index contributed by atoms with van der Waals surface area (Å²) in [6.07, 6.45) is -0.222. The molecule has 13 heteroatoms. The first kappa shape index (κ1) is 23.2. The maximum atomic E-state index is 12.2. The molecule has 0 aliphatic rings. The molecule has 0 aliphatic heterocycles. The second-order valence-electron chi connectivity index (χ2n) is 6.54. The Balaban J connectivity index is 1.53. The monoisotopic (exact) mass is 479 g/mol. The number of amides is 2. The van der Waals surface area contributed by atoms with Crippen LogP contribution in [0.1, 0.15) is 6.42 Å². The Morgan fingerprint density at radius 1 is 0.938 bits per heavy atom. The molecule has 168 valence electrons. The molecular weight excluding hydrogens is 462 g/mol. The van der Waals surface area contributed by atoms with Crippen LogP contribution < -0.4 is 26.5 Å². The molecule has 2 aromatic carbocycles. The van der Waals surface area contributed by atoms with Crippen molar-refractivity contribution in [3.05, 3.63) is 68.2 Å². The summed E-state index contributed by atoms with van der Waals surface area (Å²) >= 11 is 5.87.